The number of carboxylic acid groups (broad SMARTS) is 1. The number of aromatic carboxylic acids is 1. The molecular formula is C21H17ClN2O4. The summed E-state index contributed by atoms with van der Waals surface area (Å²) in [5, 5.41) is 16.8. The van der Waals surface area contributed by atoms with Gasteiger partial charge in [-0.15, -0.1) is 0 Å². The van der Waals surface area contributed by atoms with Crippen LogP contribution >= 0.6 is 11.6 Å². The molecule has 0 bridgehead atoms. The molecule has 28 heavy (non-hydrogen) atoms. The van der Waals surface area contributed by atoms with Crippen molar-refractivity contribution in [1.82, 2.24) is 10.6 Å². The first-order valence-electron chi connectivity index (χ1n) is 8.54. The molecule has 3 aromatic carbocycles. The molecule has 0 spiro atoms. The van der Waals surface area contributed by atoms with Crippen LogP contribution in [0.4, 0.5) is 0 Å². The number of benzene rings is 3. The molecule has 0 atom stereocenters. The zero-order chi connectivity index (χ0) is 20.1. The lowest BCUT2D eigenvalue weighted by Crippen LogP contribution is -2.35. The first-order valence-corrected chi connectivity index (χ1v) is 8.91. The van der Waals surface area contributed by atoms with Gasteiger partial charge in [0.1, 0.15) is 0 Å². The summed E-state index contributed by atoms with van der Waals surface area (Å²) in [7, 11) is 0. The van der Waals surface area contributed by atoms with Crippen molar-refractivity contribution in [2.45, 2.75) is 0 Å². The summed E-state index contributed by atoms with van der Waals surface area (Å²) in [6.45, 7) is 0.354. The van der Waals surface area contributed by atoms with Gasteiger partial charge in [0, 0.05) is 23.7 Å². The van der Waals surface area contributed by atoms with E-state index < -0.39 is 11.9 Å². The molecule has 142 valence electrons. The maximum absolute atomic E-state index is 12.5. The Balaban J connectivity index is 1.63. The van der Waals surface area contributed by atoms with Gasteiger partial charge >= 0.3 is 5.97 Å². The fourth-order valence-electron chi connectivity index (χ4n) is 2.76. The molecule has 0 aliphatic carbocycles. The van der Waals surface area contributed by atoms with E-state index in [0.717, 1.165) is 10.8 Å². The average Bonchev–Trinajstić information content (AvgIpc) is 2.70. The van der Waals surface area contributed by atoms with Gasteiger partial charge in [-0.2, -0.15) is 0 Å². The van der Waals surface area contributed by atoms with Gasteiger partial charge < -0.3 is 15.7 Å². The van der Waals surface area contributed by atoms with Crippen LogP contribution in [0.25, 0.3) is 10.8 Å². The highest BCUT2D eigenvalue weighted by Gasteiger charge is 2.17. The summed E-state index contributed by atoms with van der Waals surface area (Å²) in [6.07, 6.45) is 0. The van der Waals surface area contributed by atoms with Crippen LogP contribution in [0.5, 0.6) is 0 Å². The van der Waals surface area contributed by atoms with E-state index in [9.17, 15) is 19.5 Å². The molecule has 0 aromatic heterocycles. The number of rotatable bonds is 6. The fourth-order valence-corrected chi connectivity index (χ4v) is 2.88. The van der Waals surface area contributed by atoms with Crippen LogP contribution in [-0.2, 0) is 0 Å². The van der Waals surface area contributed by atoms with E-state index in [0.29, 0.717) is 10.6 Å². The maximum Gasteiger partial charge on any atom is 0.336 e. The maximum atomic E-state index is 12.5. The predicted octanol–water partition coefficient (Wildman–Crippen LogP) is 3.35. The molecule has 0 saturated heterocycles. The standard InChI is InChI=1S/C21H17ClN2O4/c22-16-7-5-13(6-8-16)19(25)23-9-10-24-20(26)17-11-14-3-1-2-4-15(14)12-18(17)21(27)28/h1-8,11-12H,9-10H2,(H,23,25)(H,24,26)(H,27,28). The summed E-state index contributed by atoms with van der Waals surface area (Å²) in [6, 6.07) is 16.7. The highest BCUT2D eigenvalue weighted by molar-refractivity contribution is 6.30. The molecule has 3 N–H and O–H groups in total. The Kier molecular flexibility index (Phi) is 5.91. The van der Waals surface area contributed by atoms with Gasteiger partial charge in [0.15, 0.2) is 0 Å². The molecule has 0 aliphatic rings. The van der Waals surface area contributed by atoms with Crippen molar-refractivity contribution >= 4 is 40.2 Å². The SMILES string of the molecule is O=C(NCCNC(=O)c1cc2ccccc2cc1C(=O)O)c1ccc(Cl)cc1. The molecular weight excluding hydrogens is 380 g/mol. The minimum atomic E-state index is -1.17. The number of carbonyl (C=O) groups is 3. The topological polar surface area (TPSA) is 95.5 Å². The Hall–Kier alpha value is -3.38. The summed E-state index contributed by atoms with van der Waals surface area (Å²) in [4.78, 5) is 36.0. The van der Waals surface area contributed by atoms with E-state index in [1.165, 1.54) is 6.07 Å². The lowest BCUT2D eigenvalue weighted by atomic mass is 10.0. The Morgan fingerprint density at radius 1 is 0.786 bits per heavy atom. The van der Waals surface area contributed by atoms with Gasteiger partial charge in [-0.3, -0.25) is 9.59 Å². The molecule has 2 amide bonds. The Bertz CT molecular complexity index is 1050. The van der Waals surface area contributed by atoms with Gasteiger partial charge in [0.2, 0.25) is 0 Å². The molecule has 7 heteroatoms. The van der Waals surface area contributed by atoms with Gasteiger partial charge in [-0.1, -0.05) is 35.9 Å². The van der Waals surface area contributed by atoms with Gasteiger partial charge in [0.05, 0.1) is 11.1 Å². The number of nitrogens with one attached hydrogen (secondary N) is 2. The van der Waals surface area contributed by atoms with Gasteiger partial charge in [-0.05, 0) is 47.2 Å². The van der Waals surface area contributed by atoms with Crippen molar-refractivity contribution in [1.29, 1.82) is 0 Å². The van der Waals surface area contributed by atoms with Crippen LogP contribution in [0.3, 0.4) is 0 Å². The van der Waals surface area contributed by atoms with Crippen LogP contribution in [0.1, 0.15) is 31.1 Å². The van der Waals surface area contributed by atoms with Crippen LogP contribution in [0.15, 0.2) is 60.7 Å². The summed E-state index contributed by atoms with van der Waals surface area (Å²) >= 11 is 5.79. The van der Waals surface area contributed by atoms with Crippen molar-refractivity contribution in [2.75, 3.05) is 13.1 Å². The number of hydrogen-bond donors (Lipinski definition) is 3. The fraction of sp³-hybridized carbons (Fsp3) is 0.0952. The third-order valence-electron chi connectivity index (χ3n) is 4.16. The zero-order valence-corrected chi connectivity index (χ0v) is 15.5. The zero-order valence-electron chi connectivity index (χ0n) is 14.7. The second-order valence-corrected chi connectivity index (χ2v) is 6.51. The number of amides is 2. The summed E-state index contributed by atoms with van der Waals surface area (Å²) in [5.41, 5.74) is 0.468. The monoisotopic (exact) mass is 396 g/mol. The van der Waals surface area contributed by atoms with Crippen molar-refractivity contribution in [2.24, 2.45) is 0 Å². The van der Waals surface area contributed by atoms with Gasteiger partial charge in [0.25, 0.3) is 11.8 Å². The summed E-state index contributed by atoms with van der Waals surface area (Å²) < 4.78 is 0. The van der Waals surface area contributed by atoms with E-state index in [4.69, 9.17) is 11.6 Å². The second kappa shape index (κ2) is 8.54. The number of fused-ring (bicyclic) bond motifs is 1. The van der Waals surface area contributed by atoms with Crippen LogP contribution in [0, 0.1) is 0 Å². The van der Waals surface area contributed by atoms with Crippen molar-refractivity contribution in [3.05, 3.63) is 82.4 Å². The van der Waals surface area contributed by atoms with E-state index in [1.807, 2.05) is 12.1 Å². The lowest BCUT2D eigenvalue weighted by molar-refractivity contribution is 0.0691. The molecule has 0 saturated carbocycles. The minimum Gasteiger partial charge on any atom is -0.478 e. The largest absolute Gasteiger partial charge is 0.478 e. The molecule has 6 nitrogen and oxygen atoms in total. The first-order chi connectivity index (χ1) is 13.5. The normalized spacial score (nSPS) is 10.5. The quantitative estimate of drug-likeness (QED) is 0.557. The third-order valence-corrected chi connectivity index (χ3v) is 4.42. The number of carboxylic acids is 1. The molecule has 3 aromatic rings. The smallest absolute Gasteiger partial charge is 0.336 e. The molecule has 0 unspecified atom stereocenters. The Morgan fingerprint density at radius 3 is 1.89 bits per heavy atom. The summed E-state index contributed by atoms with van der Waals surface area (Å²) in [5.74, 6) is -1.97. The highest BCUT2D eigenvalue weighted by atomic mass is 35.5. The van der Waals surface area contributed by atoms with E-state index in [2.05, 4.69) is 10.6 Å². The number of halogens is 1. The minimum absolute atomic E-state index is 0.0681. The van der Waals surface area contributed by atoms with Crippen molar-refractivity contribution < 1.29 is 19.5 Å². The molecule has 0 aliphatic heterocycles. The lowest BCUT2D eigenvalue weighted by Gasteiger charge is -2.10. The molecule has 0 radical (unpaired) electrons. The molecule has 0 fully saturated rings. The first kappa shape index (κ1) is 19.4. The number of hydrogen-bond acceptors (Lipinski definition) is 3. The van der Waals surface area contributed by atoms with E-state index >= 15 is 0 Å². The highest BCUT2D eigenvalue weighted by Crippen LogP contribution is 2.20. The molecule has 0 heterocycles. The van der Waals surface area contributed by atoms with Crippen molar-refractivity contribution in [3.8, 4) is 0 Å². The second-order valence-electron chi connectivity index (χ2n) is 6.07. The van der Waals surface area contributed by atoms with Crippen LogP contribution in [-0.4, -0.2) is 36.0 Å². The van der Waals surface area contributed by atoms with Crippen LogP contribution in [0.2, 0.25) is 5.02 Å². The number of carbonyl (C=O) groups excluding carboxylic acids is 2. The predicted molar refractivity (Wildman–Crippen MR) is 107 cm³/mol. The van der Waals surface area contributed by atoms with E-state index in [-0.39, 0.29) is 30.1 Å². The Labute approximate surface area is 166 Å². The molecule has 3 rings (SSSR count). The van der Waals surface area contributed by atoms with Crippen molar-refractivity contribution in [3.63, 3.8) is 0 Å². The Morgan fingerprint density at radius 2 is 1.32 bits per heavy atom. The van der Waals surface area contributed by atoms with E-state index in [1.54, 1.807) is 42.5 Å². The average molecular weight is 397 g/mol. The third kappa shape index (κ3) is 4.47. The van der Waals surface area contributed by atoms with Gasteiger partial charge in [-0.25, -0.2) is 4.79 Å². The van der Waals surface area contributed by atoms with Crippen LogP contribution < -0.4 is 10.6 Å².